The van der Waals surface area contributed by atoms with Crippen LogP contribution in [0, 0.1) is 0 Å². The third-order valence-electron chi connectivity index (χ3n) is 2.08. The largest absolute Gasteiger partial charge is 0.399 e. The summed E-state index contributed by atoms with van der Waals surface area (Å²) in [5.41, 5.74) is 7.49. The van der Waals surface area contributed by atoms with E-state index in [4.69, 9.17) is 5.73 Å². The molecule has 3 nitrogen and oxygen atoms in total. The molecule has 0 aliphatic rings. The summed E-state index contributed by atoms with van der Waals surface area (Å²) in [7, 11) is 3.53. The minimum Gasteiger partial charge on any atom is -0.399 e. The van der Waals surface area contributed by atoms with Gasteiger partial charge in [-0.1, -0.05) is 12.1 Å². The van der Waals surface area contributed by atoms with E-state index in [9.17, 15) is 4.79 Å². The van der Waals surface area contributed by atoms with Crippen LogP contribution in [0.25, 0.3) is 0 Å². The molecule has 0 aliphatic carbocycles. The number of halogens is 1. The lowest BCUT2D eigenvalue weighted by atomic mass is 10.1. The lowest BCUT2D eigenvalue weighted by Crippen LogP contribution is -2.21. The third kappa shape index (κ3) is 4.70. The topological polar surface area (TPSA) is 46.3 Å². The van der Waals surface area contributed by atoms with Crippen LogP contribution in [0.5, 0.6) is 0 Å². The van der Waals surface area contributed by atoms with Gasteiger partial charge in [-0.2, -0.15) is 0 Å². The molecule has 0 aromatic heterocycles. The van der Waals surface area contributed by atoms with E-state index in [0.717, 1.165) is 17.7 Å². The molecule has 0 radical (unpaired) electrons. The van der Waals surface area contributed by atoms with Crippen LogP contribution in [0.2, 0.25) is 0 Å². The van der Waals surface area contributed by atoms with E-state index in [0.29, 0.717) is 6.42 Å². The Labute approximate surface area is 96.7 Å². The van der Waals surface area contributed by atoms with Crippen molar-refractivity contribution >= 4 is 24.0 Å². The quantitative estimate of drug-likeness (QED) is 0.801. The highest BCUT2D eigenvalue weighted by atomic mass is 35.5. The number of amides is 1. The first-order valence-corrected chi connectivity index (χ1v) is 4.64. The summed E-state index contributed by atoms with van der Waals surface area (Å²) in [6, 6.07) is 7.64. The van der Waals surface area contributed by atoms with Gasteiger partial charge in [0.2, 0.25) is 5.91 Å². The van der Waals surface area contributed by atoms with E-state index in [1.165, 1.54) is 0 Å². The SMILES string of the molecule is CN(C)C(=O)CCc1cccc(N)c1.Cl. The number of hydrogen-bond donors (Lipinski definition) is 1. The van der Waals surface area contributed by atoms with Crippen molar-refractivity contribution in [3.8, 4) is 0 Å². The Morgan fingerprint density at radius 3 is 2.60 bits per heavy atom. The van der Waals surface area contributed by atoms with Crippen molar-refractivity contribution < 1.29 is 4.79 Å². The number of carbonyl (C=O) groups is 1. The van der Waals surface area contributed by atoms with Crippen LogP contribution in [-0.4, -0.2) is 24.9 Å². The zero-order valence-electron chi connectivity index (χ0n) is 9.06. The van der Waals surface area contributed by atoms with Gasteiger partial charge in [-0.25, -0.2) is 0 Å². The molecule has 15 heavy (non-hydrogen) atoms. The molecule has 4 heteroatoms. The second-order valence-electron chi connectivity index (χ2n) is 3.53. The van der Waals surface area contributed by atoms with Crippen LogP contribution in [0.15, 0.2) is 24.3 Å². The fraction of sp³-hybridized carbons (Fsp3) is 0.364. The molecule has 2 N–H and O–H groups in total. The maximum Gasteiger partial charge on any atom is 0.222 e. The molecule has 0 bridgehead atoms. The highest BCUT2D eigenvalue weighted by Crippen LogP contribution is 2.08. The molecular weight excluding hydrogens is 212 g/mol. The van der Waals surface area contributed by atoms with Crippen molar-refractivity contribution in [2.75, 3.05) is 19.8 Å². The average molecular weight is 229 g/mol. The molecule has 0 saturated heterocycles. The predicted octanol–water partition coefficient (Wildman–Crippen LogP) is 1.71. The minimum absolute atomic E-state index is 0. The number of rotatable bonds is 3. The van der Waals surface area contributed by atoms with Gasteiger partial charge in [0.1, 0.15) is 0 Å². The van der Waals surface area contributed by atoms with Crippen molar-refractivity contribution in [1.29, 1.82) is 0 Å². The molecule has 0 fully saturated rings. The zero-order valence-corrected chi connectivity index (χ0v) is 9.88. The molecule has 1 aromatic rings. The maximum absolute atomic E-state index is 11.3. The molecule has 0 heterocycles. The Bertz CT molecular complexity index is 326. The Balaban J connectivity index is 0.00000196. The average Bonchev–Trinajstić information content (AvgIpc) is 2.14. The van der Waals surface area contributed by atoms with Crippen LogP contribution in [-0.2, 0) is 11.2 Å². The zero-order chi connectivity index (χ0) is 10.6. The number of aryl methyl sites for hydroxylation is 1. The Morgan fingerprint density at radius 1 is 1.40 bits per heavy atom. The van der Waals surface area contributed by atoms with Gasteiger partial charge >= 0.3 is 0 Å². The first kappa shape index (κ1) is 13.8. The molecule has 1 amide bonds. The van der Waals surface area contributed by atoms with Gasteiger partial charge in [0.15, 0.2) is 0 Å². The second kappa shape index (κ2) is 6.30. The van der Waals surface area contributed by atoms with Gasteiger partial charge in [0.05, 0.1) is 0 Å². The van der Waals surface area contributed by atoms with Crippen molar-refractivity contribution in [2.24, 2.45) is 0 Å². The van der Waals surface area contributed by atoms with Crippen molar-refractivity contribution in [3.63, 3.8) is 0 Å². The highest BCUT2D eigenvalue weighted by molar-refractivity contribution is 5.85. The third-order valence-corrected chi connectivity index (χ3v) is 2.08. The van der Waals surface area contributed by atoms with E-state index in [-0.39, 0.29) is 18.3 Å². The first-order valence-electron chi connectivity index (χ1n) is 4.64. The first-order chi connectivity index (χ1) is 6.59. The van der Waals surface area contributed by atoms with Gasteiger partial charge in [-0.3, -0.25) is 4.79 Å². The lowest BCUT2D eigenvalue weighted by Gasteiger charge is -2.09. The Kier molecular flexibility index (Phi) is 5.79. The predicted molar refractivity (Wildman–Crippen MR) is 65.1 cm³/mol. The number of anilines is 1. The van der Waals surface area contributed by atoms with Gasteiger partial charge in [0.25, 0.3) is 0 Å². The Morgan fingerprint density at radius 2 is 2.07 bits per heavy atom. The molecule has 0 saturated carbocycles. The van der Waals surface area contributed by atoms with Crippen LogP contribution in [0.4, 0.5) is 5.69 Å². The molecule has 1 aromatic carbocycles. The van der Waals surface area contributed by atoms with E-state index in [1.54, 1.807) is 19.0 Å². The lowest BCUT2D eigenvalue weighted by molar-refractivity contribution is -0.128. The van der Waals surface area contributed by atoms with Gasteiger partial charge in [-0.15, -0.1) is 12.4 Å². The number of nitrogens with two attached hydrogens (primary N) is 1. The number of benzene rings is 1. The summed E-state index contributed by atoms with van der Waals surface area (Å²) in [5, 5.41) is 0. The fourth-order valence-electron chi connectivity index (χ4n) is 1.22. The molecule has 0 aliphatic heterocycles. The summed E-state index contributed by atoms with van der Waals surface area (Å²) in [6.45, 7) is 0. The minimum atomic E-state index is 0. The highest BCUT2D eigenvalue weighted by Gasteiger charge is 2.03. The molecule has 0 spiro atoms. The second-order valence-corrected chi connectivity index (χ2v) is 3.53. The molecular formula is C11H17ClN2O. The summed E-state index contributed by atoms with van der Waals surface area (Å²) >= 11 is 0. The summed E-state index contributed by atoms with van der Waals surface area (Å²) in [6.07, 6.45) is 1.29. The van der Waals surface area contributed by atoms with Crippen LogP contribution >= 0.6 is 12.4 Å². The van der Waals surface area contributed by atoms with Gasteiger partial charge in [0, 0.05) is 26.2 Å². The number of nitrogen functional groups attached to an aromatic ring is 1. The van der Waals surface area contributed by atoms with Crippen LogP contribution in [0.3, 0.4) is 0 Å². The molecule has 0 atom stereocenters. The Hall–Kier alpha value is -1.22. The van der Waals surface area contributed by atoms with Crippen LogP contribution in [0.1, 0.15) is 12.0 Å². The molecule has 1 rings (SSSR count). The van der Waals surface area contributed by atoms with Crippen LogP contribution < -0.4 is 5.73 Å². The summed E-state index contributed by atoms with van der Waals surface area (Å²) < 4.78 is 0. The number of carbonyl (C=O) groups excluding carboxylic acids is 1. The molecule has 84 valence electrons. The summed E-state index contributed by atoms with van der Waals surface area (Å²) in [4.78, 5) is 12.9. The standard InChI is InChI=1S/C11H16N2O.ClH/c1-13(2)11(14)7-6-9-4-3-5-10(12)8-9;/h3-5,8H,6-7,12H2,1-2H3;1H. The van der Waals surface area contributed by atoms with E-state index in [1.807, 2.05) is 24.3 Å². The molecule has 0 unspecified atom stereocenters. The number of hydrogen-bond acceptors (Lipinski definition) is 2. The van der Waals surface area contributed by atoms with Crippen molar-refractivity contribution in [3.05, 3.63) is 29.8 Å². The monoisotopic (exact) mass is 228 g/mol. The van der Waals surface area contributed by atoms with Gasteiger partial charge in [-0.05, 0) is 24.1 Å². The van der Waals surface area contributed by atoms with E-state index >= 15 is 0 Å². The number of nitrogens with zero attached hydrogens (tertiary/aromatic N) is 1. The van der Waals surface area contributed by atoms with Crippen molar-refractivity contribution in [2.45, 2.75) is 12.8 Å². The van der Waals surface area contributed by atoms with E-state index in [2.05, 4.69) is 0 Å². The van der Waals surface area contributed by atoms with Crippen molar-refractivity contribution in [1.82, 2.24) is 4.90 Å². The summed E-state index contributed by atoms with van der Waals surface area (Å²) in [5.74, 6) is 0.146. The van der Waals surface area contributed by atoms with Gasteiger partial charge < -0.3 is 10.6 Å². The fourth-order valence-corrected chi connectivity index (χ4v) is 1.22. The maximum atomic E-state index is 11.3. The normalized spacial score (nSPS) is 9.20. The van der Waals surface area contributed by atoms with E-state index < -0.39 is 0 Å². The smallest absolute Gasteiger partial charge is 0.222 e.